The highest BCUT2D eigenvalue weighted by molar-refractivity contribution is 14.1. The molecular weight excluding hydrogens is 591 g/mol. The topological polar surface area (TPSA) is 103 Å². The molecule has 37 heavy (non-hydrogen) atoms. The van der Waals surface area contributed by atoms with Gasteiger partial charge in [0, 0.05) is 0 Å². The molecule has 2 aromatic carbocycles. The lowest BCUT2D eigenvalue weighted by Gasteiger charge is -2.26. The Hall–Kier alpha value is -3.54. The number of ether oxygens (including phenoxy) is 4. The lowest BCUT2D eigenvalue weighted by Crippen LogP contribution is -2.53. The Morgan fingerprint density at radius 2 is 1.81 bits per heavy atom. The Kier molecular flexibility index (Phi) is 9.95. The number of carbonyl (C=O) groups excluding carboxylic acids is 3. The van der Waals surface area contributed by atoms with Crippen LogP contribution in [-0.2, 0) is 16.1 Å². The Morgan fingerprint density at radius 3 is 2.49 bits per heavy atom. The number of amides is 4. The molecule has 196 valence electrons. The molecule has 9 nitrogen and oxygen atoms in total. The number of hydrogen-bond donors (Lipinski definition) is 1. The number of halogens is 1. The molecule has 1 heterocycles. The second-order valence-electron chi connectivity index (χ2n) is 7.90. The highest BCUT2D eigenvalue weighted by atomic mass is 127. The van der Waals surface area contributed by atoms with Crippen molar-refractivity contribution in [3.05, 3.63) is 63.3 Å². The predicted molar refractivity (Wildman–Crippen MR) is 147 cm³/mol. The van der Waals surface area contributed by atoms with Crippen LogP contribution in [0.4, 0.5) is 4.79 Å². The van der Waals surface area contributed by atoms with Gasteiger partial charge in [-0.3, -0.25) is 19.8 Å². The number of carbonyl (C=O) groups is 3. The van der Waals surface area contributed by atoms with Gasteiger partial charge in [0.05, 0.1) is 30.4 Å². The number of benzene rings is 2. The maximum Gasteiger partial charge on any atom is 0.331 e. The number of nitrogens with one attached hydrogen (secondary N) is 1. The summed E-state index contributed by atoms with van der Waals surface area (Å²) in [6.07, 6.45) is 3.88. The third kappa shape index (κ3) is 6.82. The maximum atomic E-state index is 13.3. The summed E-state index contributed by atoms with van der Waals surface area (Å²) in [6.45, 7) is 8.70. The fraction of sp³-hybridized carbons (Fsp3) is 0.296. The normalized spacial score (nSPS) is 14.4. The summed E-state index contributed by atoms with van der Waals surface area (Å²) in [6, 6.07) is 7.83. The van der Waals surface area contributed by atoms with E-state index in [0.717, 1.165) is 14.9 Å². The van der Waals surface area contributed by atoms with Gasteiger partial charge in [-0.05, 0) is 77.4 Å². The molecule has 0 aromatic heterocycles. The zero-order valence-corrected chi connectivity index (χ0v) is 23.1. The van der Waals surface area contributed by atoms with Crippen LogP contribution in [0.15, 0.2) is 48.6 Å². The van der Waals surface area contributed by atoms with Crippen molar-refractivity contribution in [1.82, 2.24) is 10.2 Å². The minimum atomic E-state index is -0.795. The Bertz CT molecular complexity index is 1230. The lowest BCUT2D eigenvalue weighted by molar-refractivity contribution is -0.130. The summed E-state index contributed by atoms with van der Waals surface area (Å²) in [5.41, 5.74) is 1.01. The zero-order valence-electron chi connectivity index (χ0n) is 21.0. The molecule has 1 aliphatic heterocycles. The van der Waals surface area contributed by atoms with Crippen LogP contribution in [0.5, 0.6) is 23.0 Å². The van der Waals surface area contributed by atoms with Crippen molar-refractivity contribution in [3.8, 4) is 23.0 Å². The minimum Gasteiger partial charge on any atom is -0.493 e. The standard InChI is InChI=1S/C27H29IN2O7/c1-5-10-36-21-9-8-17(14-22(21)35-7-3)16-30-26(32)19(25(31)29-27(30)33)12-18-13-20(28)24(37-11-6-2)23(15-18)34-4/h6,8-9,12-15H,2,5,7,10-11,16H2,1,3-4H3,(H,29,31,33)/b19-12+. The van der Waals surface area contributed by atoms with Gasteiger partial charge in [0.2, 0.25) is 0 Å². The van der Waals surface area contributed by atoms with Gasteiger partial charge in [0.25, 0.3) is 11.8 Å². The Balaban J connectivity index is 1.90. The molecule has 0 aliphatic carbocycles. The molecule has 1 fully saturated rings. The highest BCUT2D eigenvalue weighted by Crippen LogP contribution is 2.35. The molecule has 0 saturated carbocycles. The summed E-state index contributed by atoms with van der Waals surface area (Å²) < 4.78 is 23.2. The summed E-state index contributed by atoms with van der Waals surface area (Å²) in [5.74, 6) is 0.584. The van der Waals surface area contributed by atoms with Gasteiger partial charge in [-0.2, -0.15) is 0 Å². The van der Waals surface area contributed by atoms with Crippen LogP contribution >= 0.6 is 22.6 Å². The largest absolute Gasteiger partial charge is 0.493 e. The Labute approximate surface area is 229 Å². The van der Waals surface area contributed by atoms with E-state index < -0.39 is 17.8 Å². The predicted octanol–water partition coefficient (Wildman–Crippen LogP) is 4.71. The van der Waals surface area contributed by atoms with E-state index in [0.29, 0.717) is 53.9 Å². The quantitative estimate of drug-likeness (QED) is 0.159. The second-order valence-corrected chi connectivity index (χ2v) is 9.07. The summed E-state index contributed by atoms with van der Waals surface area (Å²) in [5, 5.41) is 2.25. The van der Waals surface area contributed by atoms with Crippen molar-refractivity contribution in [2.24, 2.45) is 0 Å². The number of barbiturate groups is 1. The molecule has 0 radical (unpaired) electrons. The van der Waals surface area contributed by atoms with E-state index >= 15 is 0 Å². The zero-order chi connectivity index (χ0) is 26.9. The molecule has 1 N–H and O–H groups in total. The number of nitrogens with zero attached hydrogens (tertiary/aromatic N) is 1. The fourth-order valence-corrected chi connectivity index (χ4v) is 4.32. The van der Waals surface area contributed by atoms with Crippen molar-refractivity contribution >= 4 is 46.5 Å². The van der Waals surface area contributed by atoms with Gasteiger partial charge in [0.15, 0.2) is 23.0 Å². The molecule has 0 unspecified atom stereocenters. The third-order valence-corrected chi connectivity index (χ3v) is 6.01. The Morgan fingerprint density at radius 1 is 1.03 bits per heavy atom. The number of rotatable bonds is 12. The van der Waals surface area contributed by atoms with Crippen LogP contribution in [0.25, 0.3) is 6.08 Å². The van der Waals surface area contributed by atoms with Crippen molar-refractivity contribution in [3.63, 3.8) is 0 Å². The SMILES string of the molecule is C=CCOc1c(I)cc(/C=C2\C(=O)NC(=O)N(Cc3ccc(OCCC)c(OCC)c3)C2=O)cc1OC. The number of methoxy groups -OCH3 is 1. The lowest BCUT2D eigenvalue weighted by atomic mass is 10.1. The van der Waals surface area contributed by atoms with Crippen LogP contribution in [0.1, 0.15) is 31.4 Å². The summed E-state index contributed by atoms with van der Waals surface area (Å²) >= 11 is 2.08. The van der Waals surface area contributed by atoms with Crippen molar-refractivity contribution in [2.75, 3.05) is 26.9 Å². The number of urea groups is 1. The van der Waals surface area contributed by atoms with Gasteiger partial charge in [-0.1, -0.05) is 25.6 Å². The average Bonchev–Trinajstić information content (AvgIpc) is 2.87. The summed E-state index contributed by atoms with van der Waals surface area (Å²) in [4.78, 5) is 39.4. The molecular formula is C27H29IN2O7. The smallest absolute Gasteiger partial charge is 0.331 e. The number of hydrogen-bond acceptors (Lipinski definition) is 7. The average molecular weight is 620 g/mol. The van der Waals surface area contributed by atoms with Gasteiger partial charge in [0.1, 0.15) is 12.2 Å². The van der Waals surface area contributed by atoms with Gasteiger partial charge in [-0.25, -0.2) is 4.79 Å². The van der Waals surface area contributed by atoms with Gasteiger partial charge < -0.3 is 18.9 Å². The monoisotopic (exact) mass is 620 g/mol. The first-order valence-corrected chi connectivity index (χ1v) is 12.8. The van der Waals surface area contributed by atoms with E-state index in [1.807, 2.05) is 13.8 Å². The fourth-order valence-electron chi connectivity index (χ4n) is 3.54. The molecule has 0 atom stereocenters. The third-order valence-electron chi connectivity index (χ3n) is 5.20. The van der Waals surface area contributed by atoms with Gasteiger partial charge >= 0.3 is 6.03 Å². The second kappa shape index (κ2) is 13.1. The molecule has 10 heteroatoms. The van der Waals surface area contributed by atoms with E-state index in [-0.39, 0.29) is 12.1 Å². The van der Waals surface area contributed by atoms with E-state index in [1.165, 1.54) is 13.2 Å². The van der Waals surface area contributed by atoms with Crippen LogP contribution < -0.4 is 24.3 Å². The van der Waals surface area contributed by atoms with Crippen LogP contribution in [0, 0.1) is 3.57 Å². The maximum absolute atomic E-state index is 13.3. The highest BCUT2D eigenvalue weighted by Gasteiger charge is 2.36. The first-order valence-electron chi connectivity index (χ1n) is 11.7. The van der Waals surface area contributed by atoms with Crippen LogP contribution in [0.2, 0.25) is 0 Å². The van der Waals surface area contributed by atoms with E-state index in [4.69, 9.17) is 18.9 Å². The summed E-state index contributed by atoms with van der Waals surface area (Å²) in [7, 11) is 1.50. The first kappa shape index (κ1) is 28.0. The first-order chi connectivity index (χ1) is 17.8. The molecule has 4 amide bonds. The molecule has 3 rings (SSSR count). The molecule has 1 saturated heterocycles. The molecule has 0 spiro atoms. The minimum absolute atomic E-state index is 0.0569. The molecule has 1 aliphatic rings. The molecule has 0 bridgehead atoms. The van der Waals surface area contributed by atoms with Crippen LogP contribution in [0.3, 0.4) is 0 Å². The van der Waals surface area contributed by atoms with E-state index in [1.54, 1.807) is 36.4 Å². The number of imide groups is 2. The van der Waals surface area contributed by atoms with Crippen LogP contribution in [-0.4, -0.2) is 49.7 Å². The van der Waals surface area contributed by atoms with Gasteiger partial charge in [-0.15, -0.1) is 0 Å². The van der Waals surface area contributed by atoms with Crippen molar-refractivity contribution in [2.45, 2.75) is 26.8 Å². The van der Waals surface area contributed by atoms with E-state index in [9.17, 15) is 14.4 Å². The van der Waals surface area contributed by atoms with E-state index in [2.05, 4.69) is 34.5 Å². The van der Waals surface area contributed by atoms with Crippen molar-refractivity contribution in [1.29, 1.82) is 0 Å². The molecule has 2 aromatic rings. The van der Waals surface area contributed by atoms with Crippen molar-refractivity contribution < 1.29 is 33.3 Å².